The lowest BCUT2D eigenvalue weighted by Gasteiger charge is -2.19. The maximum Gasteiger partial charge on any atom is 0.251 e. The Morgan fingerprint density at radius 1 is 1.03 bits per heavy atom. The van der Waals surface area contributed by atoms with Crippen molar-refractivity contribution in [1.82, 2.24) is 14.9 Å². The summed E-state index contributed by atoms with van der Waals surface area (Å²) in [5.74, 6) is 1.45. The van der Waals surface area contributed by atoms with Crippen LogP contribution in [-0.2, 0) is 12.0 Å². The lowest BCUT2D eigenvalue weighted by Crippen LogP contribution is -2.29. The topological polar surface area (TPSA) is 56.2 Å². The van der Waals surface area contributed by atoms with Crippen molar-refractivity contribution in [2.24, 2.45) is 0 Å². The highest BCUT2D eigenvalue weighted by molar-refractivity contribution is 6.30. The van der Waals surface area contributed by atoms with Crippen molar-refractivity contribution in [2.45, 2.75) is 45.7 Å². The van der Waals surface area contributed by atoms with Gasteiger partial charge in [0.1, 0.15) is 18.2 Å². The molecule has 0 bridgehead atoms. The van der Waals surface area contributed by atoms with Crippen LogP contribution in [0.15, 0.2) is 72.8 Å². The van der Waals surface area contributed by atoms with Gasteiger partial charge in [-0.05, 0) is 66.4 Å². The summed E-state index contributed by atoms with van der Waals surface area (Å²) in [7, 11) is 0. The lowest BCUT2D eigenvalue weighted by molar-refractivity contribution is 0.0937. The molecule has 176 valence electrons. The summed E-state index contributed by atoms with van der Waals surface area (Å²) in [6, 6.07) is 22.8. The van der Waals surface area contributed by atoms with E-state index in [0.29, 0.717) is 23.7 Å². The Balaban J connectivity index is 1.49. The summed E-state index contributed by atoms with van der Waals surface area (Å²) in [5, 5.41) is 3.65. The first-order valence-corrected chi connectivity index (χ1v) is 11.8. The Labute approximate surface area is 205 Å². The van der Waals surface area contributed by atoms with E-state index in [2.05, 4.69) is 42.8 Å². The second-order valence-electron chi connectivity index (χ2n) is 9.44. The van der Waals surface area contributed by atoms with Crippen LogP contribution < -0.4 is 10.1 Å². The SMILES string of the molecule is CC(NC(=O)c1ccc(Cl)cc1)c1nc2ccccc2n1CCOc1ccc(C(C)(C)C)cc1. The molecule has 0 aliphatic heterocycles. The smallest absolute Gasteiger partial charge is 0.251 e. The van der Waals surface area contributed by atoms with Gasteiger partial charge < -0.3 is 14.6 Å². The number of ether oxygens (including phenoxy) is 1. The molecule has 0 spiro atoms. The van der Waals surface area contributed by atoms with Crippen molar-refractivity contribution in [3.05, 3.63) is 94.8 Å². The summed E-state index contributed by atoms with van der Waals surface area (Å²) in [6.07, 6.45) is 0. The van der Waals surface area contributed by atoms with E-state index < -0.39 is 0 Å². The van der Waals surface area contributed by atoms with E-state index in [0.717, 1.165) is 22.6 Å². The Bertz CT molecular complexity index is 1270. The third-order valence-corrected chi connectivity index (χ3v) is 6.08. The Morgan fingerprint density at radius 3 is 2.38 bits per heavy atom. The van der Waals surface area contributed by atoms with E-state index in [1.54, 1.807) is 24.3 Å². The molecule has 0 radical (unpaired) electrons. The first-order chi connectivity index (χ1) is 16.2. The largest absolute Gasteiger partial charge is 0.492 e. The molecular formula is C28H30ClN3O2. The van der Waals surface area contributed by atoms with Crippen molar-refractivity contribution >= 4 is 28.5 Å². The number of carbonyl (C=O) groups is 1. The van der Waals surface area contributed by atoms with Gasteiger partial charge in [0, 0.05) is 10.6 Å². The van der Waals surface area contributed by atoms with Gasteiger partial charge in [-0.15, -0.1) is 0 Å². The molecule has 1 heterocycles. The van der Waals surface area contributed by atoms with E-state index in [9.17, 15) is 4.79 Å². The molecule has 6 heteroatoms. The highest BCUT2D eigenvalue weighted by Crippen LogP contribution is 2.25. The zero-order valence-electron chi connectivity index (χ0n) is 20.0. The number of hydrogen-bond donors (Lipinski definition) is 1. The maximum atomic E-state index is 12.7. The number of nitrogens with one attached hydrogen (secondary N) is 1. The highest BCUT2D eigenvalue weighted by atomic mass is 35.5. The van der Waals surface area contributed by atoms with Crippen LogP contribution in [0.4, 0.5) is 0 Å². The number of benzene rings is 3. The Kier molecular flexibility index (Phi) is 6.94. The van der Waals surface area contributed by atoms with Crippen molar-refractivity contribution in [1.29, 1.82) is 0 Å². The summed E-state index contributed by atoms with van der Waals surface area (Å²) in [5.41, 5.74) is 3.83. The predicted octanol–water partition coefficient (Wildman–Crippen LogP) is 6.56. The Hall–Kier alpha value is -3.31. The third-order valence-electron chi connectivity index (χ3n) is 5.83. The van der Waals surface area contributed by atoms with E-state index >= 15 is 0 Å². The number of fused-ring (bicyclic) bond motifs is 1. The number of carbonyl (C=O) groups excluding carboxylic acids is 1. The van der Waals surface area contributed by atoms with Crippen molar-refractivity contribution in [2.75, 3.05) is 6.61 Å². The van der Waals surface area contributed by atoms with Crippen LogP contribution >= 0.6 is 11.6 Å². The van der Waals surface area contributed by atoms with E-state index in [-0.39, 0.29) is 17.4 Å². The fourth-order valence-electron chi connectivity index (χ4n) is 3.91. The average Bonchev–Trinajstić information content (AvgIpc) is 3.18. The fraction of sp³-hybridized carbons (Fsp3) is 0.286. The maximum absolute atomic E-state index is 12.7. The molecule has 0 saturated carbocycles. The Morgan fingerprint density at radius 2 is 1.71 bits per heavy atom. The number of halogens is 1. The summed E-state index contributed by atoms with van der Waals surface area (Å²) < 4.78 is 8.16. The van der Waals surface area contributed by atoms with Crippen LogP contribution in [0.2, 0.25) is 5.02 Å². The molecule has 3 aromatic carbocycles. The van der Waals surface area contributed by atoms with Gasteiger partial charge in [0.25, 0.3) is 5.91 Å². The fourth-order valence-corrected chi connectivity index (χ4v) is 4.04. The quantitative estimate of drug-likeness (QED) is 0.329. The third kappa shape index (κ3) is 5.42. The van der Waals surface area contributed by atoms with Crippen molar-refractivity contribution < 1.29 is 9.53 Å². The number of imidazole rings is 1. The van der Waals surface area contributed by atoms with Crippen LogP contribution in [-0.4, -0.2) is 22.1 Å². The summed E-state index contributed by atoms with van der Waals surface area (Å²) in [6.45, 7) is 9.62. The number of rotatable bonds is 7. The number of para-hydroxylation sites is 2. The molecule has 1 aromatic heterocycles. The van der Waals surface area contributed by atoms with Gasteiger partial charge >= 0.3 is 0 Å². The van der Waals surface area contributed by atoms with Crippen LogP contribution in [0, 0.1) is 0 Å². The standard InChI is InChI=1S/C28H30ClN3O2/c1-19(30-27(33)20-9-13-22(29)14-10-20)26-31-24-7-5-6-8-25(24)32(26)17-18-34-23-15-11-21(12-16-23)28(2,3)4/h5-16,19H,17-18H2,1-4H3,(H,30,33). The van der Waals surface area contributed by atoms with Crippen LogP contribution in [0.25, 0.3) is 11.0 Å². The first kappa shape index (κ1) is 23.8. The average molecular weight is 476 g/mol. The van der Waals surface area contributed by atoms with Crippen molar-refractivity contribution in [3.63, 3.8) is 0 Å². The van der Waals surface area contributed by atoms with Gasteiger partial charge in [0.05, 0.1) is 23.6 Å². The molecule has 1 atom stereocenters. The predicted molar refractivity (Wildman–Crippen MR) is 138 cm³/mol. The van der Waals surface area contributed by atoms with Crippen LogP contribution in [0.1, 0.15) is 55.5 Å². The van der Waals surface area contributed by atoms with E-state index in [1.165, 1.54) is 5.56 Å². The molecule has 1 unspecified atom stereocenters. The second kappa shape index (κ2) is 9.90. The second-order valence-corrected chi connectivity index (χ2v) is 9.87. The summed E-state index contributed by atoms with van der Waals surface area (Å²) in [4.78, 5) is 17.6. The van der Waals surface area contributed by atoms with Gasteiger partial charge in [-0.3, -0.25) is 4.79 Å². The molecule has 5 nitrogen and oxygen atoms in total. The minimum atomic E-state index is -0.290. The van der Waals surface area contributed by atoms with E-state index in [1.807, 2.05) is 43.3 Å². The lowest BCUT2D eigenvalue weighted by atomic mass is 9.87. The molecule has 0 saturated heterocycles. The zero-order chi connectivity index (χ0) is 24.3. The number of nitrogens with zero attached hydrogens (tertiary/aromatic N) is 2. The van der Waals surface area contributed by atoms with E-state index in [4.69, 9.17) is 21.3 Å². The van der Waals surface area contributed by atoms with Gasteiger partial charge in [0.15, 0.2) is 0 Å². The molecule has 0 aliphatic rings. The van der Waals surface area contributed by atoms with Gasteiger partial charge in [-0.25, -0.2) is 4.98 Å². The molecule has 0 fully saturated rings. The normalized spacial score (nSPS) is 12.5. The van der Waals surface area contributed by atoms with Gasteiger partial charge in [0.2, 0.25) is 0 Å². The van der Waals surface area contributed by atoms with Gasteiger partial charge in [-0.2, -0.15) is 0 Å². The molecule has 1 N–H and O–H groups in total. The zero-order valence-corrected chi connectivity index (χ0v) is 20.8. The molecule has 0 aliphatic carbocycles. The first-order valence-electron chi connectivity index (χ1n) is 11.5. The van der Waals surface area contributed by atoms with Crippen LogP contribution in [0.5, 0.6) is 5.75 Å². The van der Waals surface area contributed by atoms with Crippen molar-refractivity contribution in [3.8, 4) is 5.75 Å². The minimum absolute atomic E-state index is 0.107. The monoisotopic (exact) mass is 475 g/mol. The molecule has 1 amide bonds. The van der Waals surface area contributed by atoms with Gasteiger partial charge in [-0.1, -0.05) is 56.6 Å². The molecule has 4 aromatic rings. The summed E-state index contributed by atoms with van der Waals surface area (Å²) >= 11 is 5.95. The number of aromatic nitrogens is 2. The molecular weight excluding hydrogens is 446 g/mol. The molecule has 4 rings (SSSR count). The number of hydrogen-bond acceptors (Lipinski definition) is 3. The van der Waals surface area contributed by atoms with Crippen LogP contribution in [0.3, 0.4) is 0 Å². The number of amides is 1. The minimum Gasteiger partial charge on any atom is -0.492 e. The molecule has 34 heavy (non-hydrogen) atoms. The highest BCUT2D eigenvalue weighted by Gasteiger charge is 2.19.